The third-order valence-corrected chi connectivity index (χ3v) is 2.06. The molecular weight excluding hydrogens is 192 g/mol. The lowest BCUT2D eigenvalue weighted by atomic mass is 10.1. The zero-order valence-electron chi connectivity index (χ0n) is 8.28. The average molecular weight is 204 g/mol. The van der Waals surface area contributed by atoms with Crippen LogP contribution in [-0.2, 0) is 11.2 Å². The number of hydrogen-bond donors (Lipinski definition) is 0. The minimum atomic E-state index is -0.513. The average Bonchev–Trinajstić information content (AvgIpc) is 2.79. The molecule has 0 bridgehead atoms. The van der Waals surface area contributed by atoms with Crippen molar-refractivity contribution in [2.24, 2.45) is 20.7 Å². The van der Waals surface area contributed by atoms with Crippen LogP contribution >= 0.6 is 0 Å². The molecule has 0 fully saturated rings. The minimum absolute atomic E-state index is 0.513. The molecule has 5 heteroatoms. The molecular formula is C10H12N4O. The zero-order valence-corrected chi connectivity index (χ0v) is 8.28. The highest BCUT2D eigenvalue weighted by molar-refractivity contribution is 5.14. The maximum absolute atomic E-state index is 5.30. The van der Waals surface area contributed by atoms with E-state index in [0.29, 0.717) is 6.61 Å². The van der Waals surface area contributed by atoms with Crippen LogP contribution in [0.4, 0.5) is 0 Å². The molecule has 1 aromatic rings. The summed E-state index contributed by atoms with van der Waals surface area (Å²) >= 11 is 0. The molecule has 0 radical (unpaired) electrons. The van der Waals surface area contributed by atoms with Gasteiger partial charge in [-0.3, -0.25) is 0 Å². The standard InChI is InChI=1S/C10H12N4O/c1-2-5-9(6-3-1)7-4-8-15-10-11-13-14-12-10/h1-3,5-6,10H,4,7-8H2. The Balaban J connectivity index is 1.63. The first kappa shape index (κ1) is 9.92. The summed E-state index contributed by atoms with van der Waals surface area (Å²) in [5, 5.41) is 14.0. The summed E-state index contributed by atoms with van der Waals surface area (Å²) in [4.78, 5) is 0. The lowest BCUT2D eigenvalue weighted by molar-refractivity contribution is 0.0621. The highest BCUT2D eigenvalue weighted by atomic mass is 16.5. The van der Waals surface area contributed by atoms with Gasteiger partial charge in [-0.05, 0) is 28.9 Å². The van der Waals surface area contributed by atoms with Crippen LogP contribution in [-0.4, -0.2) is 13.0 Å². The summed E-state index contributed by atoms with van der Waals surface area (Å²) < 4.78 is 5.30. The van der Waals surface area contributed by atoms with Gasteiger partial charge in [-0.2, -0.15) is 0 Å². The molecule has 2 rings (SSSR count). The molecule has 0 amide bonds. The lowest BCUT2D eigenvalue weighted by Crippen LogP contribution is -2.05. The number of rotatable bonds is 5. The first-order chi connectivity index (χ1) is 7.45. The van der Waals surface area contributed by atoms with Gasteiger partial charge in [0.05, 0.1) is 6.61 Å². The number of benzene rings is 1. The van der Waals surface area contributed by atoms with E-state index in [4.69, 9.17) is 4.74 Å². The van der Waals surface area contributed by atoms with Gasteiger partial charge in [0.1, 0.15) is 0 Å². The van der Waals surface area contributed by atoms with Crippen molar-refractivity contribution in [2.75, 3.05) is 6.61 Å². The third kappa shape index (κ3) is 3.21. The van der Waals surface area contributed by atoms with Gasteiger partial charge in [0.25, 0.3) is 6.35 Å². The van der Waals surface area contributed by atoms with E-state index >= 15 is 0 Å². The molecule has 0 N–H and O–H groups in total. The summed E-state index contributed by atoms with van der Waals surface area (Å²) in [7, 11) is 0. The van der Waals surface area contributed by atoms with Gasteiger partial charge in [0.15, 0.2) is 0 Å². The van der Waals surface area contributed by atoms with Crippen LogP contribution in [0, 0.1) is 0 Å². The summed E-state index contributed by atoms with van der Waals surface area (Å²) in [6.45, 7) is 0.623. The SMILES string of the molecule is c1ccc(CCCOC2N=NN=N2)cc1. The van der Waals surface area contributed by atoms with Crippen LogP contribution < -0.4 is 0 Å². The molecule has 1 aromatic carbocycles. The quantitative estimate of drug-likeness (QED) is 0.680. The predicted octanol–water partition coefficient (Wildman–Crippen LogP) is 2.75. The van der Waals surface area contributed by atoms with E-state index in [9.17, 15) is 0 Å². The van der Waals surface area contributed by atoms with E-state index in [0.717, 1.165) is 12.8 Å². The number of aryl methyl sites for hydroxylation is 1. The van der Waals surface area contributed by atoms with E-state index in [1.165, 1.54) is 5.56 Å². The van der Waals surface area contributed by atoms with Gasteiger partial charge in [-0.15, -0.1) is 10.2 Å². The van der Waals surface area contributed by atoms with Crippen molar-refractivity contribution in [1.82, 2.24) is 0 Å². The molecule has 0 atom stereocenters. The second kappa shape index (κ2) is 5.31. The Bertz CT molecular complexity index is 338. The van der Waals surface area contributed by atoms with Gasteiger partial charge in [0.2, 0.25) is 0 Å². The van der Waals surface area contributed by atoms with Crippen LogP contribution in [0.1, 0.15) is 12.0 Å². The van der Waals surface area contributed by atoms with Crippen molar-refractivity contribution >= 4 is 0 Å². The summed E-state index contributed by atoms with van der Waals surface area (Å²) in [5.41, 5.74) is 1.32. The van der Waals surface area contributed by atoms with Crippen molar-refractivity contribution in [3.05, 3.63) is 35.9 Å². The fraction of sp³-hybridized carbons (Fsp3) is 0.400. The lowest BCUT2D eigenvalue weighted by Gasteiger charge is -2.03. The maximum Gasteiger partial charge on any atom is 0.287 e. The summed E-state index contributed by atoms with van der Waals surface area (Å²) in [6.07, 6.45) is 1.44. The van der Waals surface area contributed by atoms with Crippen LogP contribution in [0.5, 0.6) is 0 Å². The Morgan fingerprint density at radius 3 is 2.53 bits per heavy atom. The molecule has 0 saturated heterocycles. The molecule has 5 nitrogen and oxygen atoms in total. The molecule has 0 aromatic heterocycles. The Labute approximate surface area is 87.9 Å². The van der Waals surface area contributed by atoms with E-state index < -0.39 is 6.35 Å². The summed E-state index contributed by atoms with van der Waals surface area (Å²) in [6, 6.07) is 10.3. The fourth-order valence-corrected chi connectivity index (χ4v) is 1.33. The van der Waals surface area contributed by atoms with E-state index in [1.807, 2.05) is 18.2 Å². The van der Waals surface area contributed by atoms with Crippen molar-refractivity contribution in [3.8, 4) is 0 Å². The molecule has 0 unspecified atom stereocenters. The smallest absolute Gasteiger partial charge is 0.287 e. The number of ether oxygens (including phenoxy) is 1. The number of hydrogen-bond acceptors (Lipinski definition) is 5. The first-order valence-corrected chi connectivity index (χ1v) is 4.91. The third-order valence-electron chi connectivity index (χ3n) is 2.06. The van der Waals surface area contributed by atoms with Crippen LogP contribution in [0.25, 0.3) is 0 Å². The zero-order chi connectivity index (χ0) is 10.3. The van der Waals surface area contributed by atoms with Crippen molar-refractivity contribution in [1.29, 1.82) is 0 Å². The molecule has 1 heterocycles. The van der Waals surface area contributed by atoms with Gasteiger partial charge in [0, 0.05) is 0 Å². The second-order valence-electron chi connectivity index (χ2n) is 3.20. The molecule has 0 saturated carbocycles. The second-order valence-corrected chi connectivity index (χ2v) is 3.20. The van der Waals surface area contributed by atoms with Crippen LogP contribution in [0.3, 0.4) is 0 Å². The fourth-order valence-electron chi connectivity index (χ4n) is 1.33. The molecule has 1 aliphatic rings. The van der Waals surface area contributed by atoms with E-state index in [1.54, 1.807) is 0 Å². The van der Waals surface area contributed by atoms with Crippen LogP contribution in [0.2, 0.25) is 0 Å². The molecule has 0 spiro atoms. The van der Waals surface area contributed by atoms with Crippen LogP contribution in [0.15, 0.2) is 51.0 Å². The van der Waals surface area contributed by atoms with E-state index in [-0.39, 0.29) is 0 Å². The van der Waals surface area contributed by atoms with Gasteiger partial charge in [-0.25, -0.2) is 0 Å². The summed E-state index contributed by atoms with van der Waals surface area (Å²) in [5.74, 6) is 0. The Morgan fingerprint density at radius 1 is 1.07 bits per heavy atom. The largest absolute Gasteiger partial charge is 0.335 e. The molecule has 78 valence electrons. The monoisotopic (exact) mass is 204 g/mol. The highest BCUT2D eigenvalue weighted by Gasteiger charge is 2.07. The Hall–Kier alpha value is -1.62. The highest BCUT2D eigenvalue weighted by Crippen LogP contribution is 2.08. The molecule has 1 aliphatic heterocycles. The topological polar surface area (TPSA) is 58.7 Å². The van der Waals surface area contributed by atoms with Gasteiger partial charge >= 0.3 is 0 Å². The maximum atomic E-state index is 5.30. The predicted molar refractivity (Wildman–Crippen MR) is 54.2 cm³/mol. The normalized spacial score (nSPS) is 14.9. The van der Waals surface area contributed by atoms with Crippen molar-refractivity contribution in [2.45, 2.75) is 19.2 Å². The first-order valence-electron chi connectivity index (χ1n) is 4.91. The Kier molecular flexibility index (Phi) is 3.51. The Morgan fingerprint density at radius 2 is 1.80 bits per heavy atom. The molecule has 0 aliphatic carbocycles. The number of nitrogens with zero attached hydrogens (tertiary/aromatic N) is 4. The van der Waals surface area contributed by atoms with Crippen molar-refractivity contribution in [3.63, 3.8) is 0 Å². The van der Waals surface area contributed by atoms with Crippen molar-refractivity contribution < 1.29 is 4.74 Å². The van der Waals surface area contributed by atoms with Gasteiger partial charge in [-0.1, -0.05) is 30.3 Å². The molecule has 15 heavy (non-hydrogen) atoms. The van der Waals surface area contributed by atoms with E-state index in [2.05, 4.69) is 32.8 Å². The minimum Gasteiger partial charge on any atom is -0.335 e. The van der Waals surface area contributed by atoms with Gasteiger partial charge < -0.3 is 4.74 Å².